The Bertz CT molecular complexity index is 478. The molecule has 1 amide bonds. The average molecular weight is 278 g/mol. The van der Waals surface area contributed by atoms with Gasteiger partial charge in [-0.25, -0.2) is 9.97 Å². The summed E-state index contributed by atoms with van der Waals surface area (Å²) in [6, 6.07) is 0.215. The van der Waals surface area contributed by atoms with Crippen molar-refractivity contribution in [2.24, 2.45) is 0 Å². The van der Waals surface area contributed by atoms with Crippen molar-refractivity contribution in [3.63, 3.8) is 0 Å². The molecule has 0 unspecified atom stereocenters. The molecular weight excluding hydrogens is 256 g/mol. The molecule has 2 N–H and O–H groups in total. The molecule has 1 atom stereocenters. The first-order valence-electron chi connectivity index (χ1n) is 7.03. The van der Waals surface area contributed by atoms with Gasteiger partial charge in [-0.3, -0.25) is 9.69 Å². The molecule has 0 aromatic carbocycles. The molecule has 0 bridgehead atoms. The van der Waals surface area contributed by atoms with Gasteiger partial charge in [-0.2, -0.15) is 0 Å². The molecule has 0 aliphatic carbocycles. The lowest BCUT2D eigenvalue weighted by Crippen LogP contribution is -2.29. The van der Waals surface area contributed by atoms with Gasteiger partial charge in [0.15, 0.2) is 0 Å². The zero-order valence-corrected chi connectivity index (χ0v) is 12.1. The first-order valence-corrected chi connectivity index (χ1v) is 7.03. The number of carbonyl (C=O) groups excluding carboxylic acids is 1. The predicted octanol–water partition coefficient (Wildman–Crippen LogP) is 0.550. The number of likely N-dealkylation sites (tertiary alicyclic amines) is 1. The average Bonchev–Trinajstić information content (AvgIpc) is 2.85. The van der Waals surface area contributed by atoms with E-state index in [1.54, 1.807) is 6.20 Å². The van der Waals surface area contributed by atoms with E-state index in [-0.39, 0.29) is 18.6 Å². The van der Waals surface area contributed by atoms with Crippen molar-refractivity contribution in [3.8, 4) is 0 Å². The monoisotopic (exact) mass is 278 g/mol. The fraction of sp³-hybridized carbons (Fsp3) is 0.643. The van der Waals surface area contributed by atoms with Crippen molar-refractivity contribution >= 4 is 5.91 Å². The van der Waals surface area contributed by atoms with Gasteiger partial charge in [0.25, 0.3) is 0 Å². The van der Waals surface area contributed by atoms with E-state index in [0.717, 1.165) is 36.5 Å². The van der Waals surface area contributed by atoms with Crippen LogP contribution in [0.2, 0.25) is 0 Å². The van der Waals surface area contributed by atoms with Crippen LogP contribution in [0, 0.1) is 6.92 Å². The number of hydrogen-bond donors (Lipinski definition) is 2. The molecule has 6 nitrogen and oxygen atoms in total. The third kappa shape index (κ3) is 3.52. The van der Waals surface area contributed by atoms with Crippen LogP contribution in [-0.4, -0.2) is 45.6 Å². The van der Waals surface area contributed by atoms with Crippen LogP contribution >= 0.6 is 0 Å². The maximum absolute atomic E-state index is 11.1. The van der Waals surface area contributed by atoms with Gasteiger partial charge in [0.2, 0.25) is 5.91 Å². The summed E-state index contributed by atoms with van der Waals surface area (Å²) >= 11 is 0. The Labute approximate surface area is 119 Å². The van der Waals surface area contributed by atoms with E-state index < -0.39 is 0 Å². The Morgan fingerprint density at radius 3 is 3.10 bits per heavy atom. The number of aromatic nitrogens is 2. The van der Waals surface area contributed by atoms with Gasteiger partial charge >= 0.3 is 0 Å². The summed E-state index contributed by atoms with van der Waals surface area (Å²) in [5.74, 6) is 0.678. The minimum atomic E-state index is -0.0600. The molecule has 0 spiro atoms. The van der Waals surface area contributed by atoms with E-state index in [9.17, 15) is 4.79 Å². The molecule has 110 valence electrons. The molecule has 1 fully saturated rings. The molecule has 2 rings (SSSR count). The van der Waals surface area contributed by atoms with Crippen LogP contribution < -0.4 is 5.32 Å². The van der Waals surface area contributed by atoms with E-state index >= 15 is 0 Å². The first kappa shape index (κ1) is 14.9. The SMILES string of the molecule is CC(=O)NCc1cnc(C)nc1[C@@H]1CCCN1CCO. The number of aryl methyl sites for hydroxylation is 1. The van der Waals surface area contributed by atoms with Gasteiger partial charge in [0.05, 0.1) is 18.3 Å². The summed E-state index contributed by atoms with van der Waals surface area (Å²) < 4.78 is 0. The topological polar surface area (TPSA) is 78.4 Å². The second-order valence-corrected chi connectivity index (χ2v) is 5.16. The van der Waals surface area contributed by atoms with Gasteiger partial charge in [0, 0.05) is 31.8 Å². The Hall–Kier alpha value is -1.53. The van der Waals surface area contributed by atoms with Crippen LogP contribution in [0.4, 0.5) is 0 Å². The van der Waals surface area contributed by atoms with Crippen molar-refractivity contribution in [3.05, 3.63) is 23.3 Å². The number of nitrogens with one attached hydrogen (secondary N) is 1. The highest BCUT2D eigenvalue weighted by molar-refractivity contribution is 5.72. The molecular formula is C14H22N4O2. The highest BCUT2D eigenvalue weighted by atomic mass is 16.3. The minimum absolute atomic E-state index is 0.0600. The van der Waals surface area contributed by atoms with E-state index in [2.05, 4.69) is 20.2 Å². The molecule has 1 aromatic heterocycles. The molecule has 2 heterocycles. The summed E-state index contributed by atoms with van der Waals surface area (Å²) in [7, 11) is 0. The zero-order chi connectivity index (χ0) is 14.5. The molecule has 0 saturated carbocycles. The minimum Gasteiger partial charge on any atom is -0.395 e. The highest BCUT2D eigenvalue weighted by Gasteiger charge is 2.28. The van der Waals surface area contributed by atoms with Crippen LogP contribution in [0.1, 0.15) is 42.9 Å². The number of hydrogen-bond acceptors (Lipinski definition) is 5. The smallest absolute Gasteiger partial charge is 0.217 e. The number of β-amino-alcohol motifs (C(OH)–C–C–N with tert-alkyl or cyclic N) is 1. The lowest BCUT2D eigenvalue weighted by Gasteiger charge is -2.25. The molecule has 6 heteroatoms. The number of aliphatic hydroxyl groups is 1. The Morgan fingerprint density at radius 1 is 1.60 bits per heavy atom. The molecule has 0 radical (unpaired) electrons. The van der Waals surface area contributed by atoms with E-state index in [4.69, 9.17) is 5.11 Å². The van der Waals surface area contributed by atoms with Crippen molar-refractivity contribution in [1.29, 1.82) is 0 Å². The number of aliphatic hydroxyl groups excluding tert-OH is 1. The second-order valence-electron chi connectivity index (χ2n) is 5.16. The third-order valence-corrected chi connectivity index (χ3v) is 3.61. The standard InChI is InChI=1S/C14H22N4O2/c1-10-15-8-12(9-16-11(2)20)14(17-10)13-4-3-5-18(13)6-7-19/h8,13,19H,3-7,9H2,1-2H3,(H,16,20)/t13-/m0/s1. The van der Waals surface area contributed by atoms with E-state index in [0.29, 0.717) is 13.1 Å². The van der Waals surface area contributed by atoms with Gasteiger partial charge in [-0.05, 0) is 26.3 Å². The summed E-state index contributed by atoms with van der Waals surface area (Å²) in [5.41, 5.74) is 1.94. The van der Waals surface area contributed by atoms with Crippen LogP contribution in [0.3, 0.4) is 0 Å². The summed E-state index contributed by atoms with van der Waals surface area (Å²) in [5, 5.41) is 12.0. The Balaban J connectivity index is 2.23. The molecule has 1 aromatic rings. The Kier molecular flexibility index (Phi) is 5.03. The number of nitrogens with zero attached hydrogens (tertiary/aromatic N) is 3. The van der Waals surface area contributed by atoms with Crippen molar-refractivity contribution in [1.82, 2.24) is 20.2 Å². The fourth-order valence-corrected chi connectivity index (χ4v) is 2.69. The highest BCUT2D eigenvalue weighted by Crippen LogP contribution is 2.32. The lowest BCUT2D eigenvalue weighted by atomic mass is 10.1. The largest absolute Gasteiger partial charge is 0.395 e. The molecule has 1 aliphatic rings. The fourth-order valence-electron chi connectivity index (χ4n) is 2.69. The molecule has 1 aliphatic heterocycles. The quantitative estimate of drug-likeness (QED) is 0.822. The van der Waals surface area contributed by atoms with Gasteiger partial charge in [-0.1, -0.05) is 0 Å². The first-order chi connectivity index (χ1) is 9.61. The van der Waals surface area contributed by atoms with Crippen LogP contribution in [0.25, 0.3) is 0 Å². The number of rotatable bonds is 5. The maximum Gasteiger partial charge on any atom is 0.217 e. The lowest BCUT2D eigenvalue weighted by molar-refractivity contribution is -0.119. The molecule has 1 saturated heterocycles. The van der Waals surface area contributed by atoms with Crippen LogP contribution in [0.15, 0.2) is 6.20 Å². The van der Waals surface area contributed by atoms with E-state index in [1.807, 2.05) is 6.92 Å². The zero-order valence-electron chi connectivity index (χ0n) is 12.1. The van der Waals surface area contributed by atoms with Gasteiger partial charge in [0.1, 0.15) is 5.82 Å². The number of amides is 1. The maximum atomic E-state index is 11.1. The van der Waals surface area contributed by atoms with Crippen LogP contribution in [0.5, 0.6) is 0 Å². The second kappa shape index (κ2) is 6.76. The summed E-state index contributed by atoms with van der Waals surface area (Å²) in [4.78, 5) is 22.1. The number of carbonyl (C=O) groups is 1. The predicted molar refractivity (Wildman–Crippen MR) is 74.9 cm³/mol. The van der Waals surface area contributed by atoms with Gasteiger partial charge in [-0.15, -0.1) is 0 Å². The third-order valence-electron chi connectivity index (χ3n) is 3.61. The molecule has 20 heavy (non-hydrogen) atoms. The summed E-state index contributed by atoms with van der Waals surface area (Å²) in [6.07, 6.45) is 3.93. The van der Waals surface area contributed by atoms with Crippen LogP contribution in [-0.2, 0) is 11.3 Å². The van der Waals surface area contributed by atoms with Crippen molar-refractivity contribution < 1.29 is 9.90 Å². The summed E-state index contributed by atoms with van der Waals surface area (Å²) in [6.45, 7) is 5.62. The van der Waals surface area contributed by atoms with Crippen molar-refractivity contribution in [2.45, 2.75) is 39.3 Å². The van der Waals surface area contributed by atoms with Crippen molar-refractivity contribution in [2.75, 3.05) is 19.7 Å². The van der Waals surface area contributed by atoms with E-state index in [1.165, 1.54) is 6.92 Å². The Morgan fingerprint density at radius 2 is 2.40 bits per heavy atom. The normalized spacial score (nSPS) is 19.2. The van der Waals surface area contributed by atoms with Gasteiger partial charge < -0.3 is 10.4 Å².